The van der Waals surface area contributed by atoms with Crippen molar-refractivity contribution >= 4 is 0 Å². The fourth-order valence-electron chi connectivity index (χ4n) is 3.51. The van der Waals surface area contributed by atoms with Gasteiger partial charge in [-0.2, -0.15) is 5.26 Å². The second-order valence-corrected chi connectivity index (χ2v) is 6.19. The van der Waals surface area contributed by atoms with Crippen molar-refractivity contribution in [2.24, 2.45) is 5.92 Å². The lowest BCUT2D eigenvalue weighted by molar-refractivity contribution is 0.250. The summed E-state index contributed by atoms with van der Waals surface area (Å²) in [4.78, 5) is 0. The number of rotatable bonds is 2. The first-order chi connectivity index (χ1) is 10.3. The van der Waals surface area contributed by atoms with Crippen molar-refractivity contribution in [3.8, 4) is 17.9 Å². The zero-order valence-corrected chi connectivity index (χ0v) is 12.6. The fourth-order valence-corrected chi connectivity index (χ4v) is 3.51. The average Bonchev–Trinajstić information content (AvgIpc) is 3.00. The molecule has 1 aliphatic carbocycles. The molecule has 2 heteroatoms. The summed E-state index contributed by atoms with van der Waals surface area (Å²) in [5.74, 6) is 7.64. The summed E-state index contributed by atoms with van der Waals surface area (Å²) < 4.78 is 0. The predicted molar refractivity (Wildman–Crippen MR) is 84.6 cm³/mol. The molecule has 2 aliphatic rings. The number of benzene rings is 1. The normalized spacial score (nSPS) is 28.3. The second kappa shape index (κ2) is 6.33. The summed E-state index contributed by atoms with van der Waals surface area (Å²) in [7, 11) is 0. The second-order valence-electron chi connectivity index (χ2n) is 6.19. The summed E-state index contributed by atoms with van der Waals surface area (Å²) in [5.41, 5.74) is 2.36. The minimum atomic E-state index is -0.0367. The topological polar surface area (TPSA) is 35.8 Å². The van der Waals surface area contributed by atoms with E-state index in [2.05, 4.69) is 54.4 Å². The lowest BCUT2D eigenvalue weighted by Gasteiger charge is -2.42. The number of hydrogen-bond donors (Lipinski definition) is 1. The minimum Gasteiger partial charge on any atom is -0.298 e. The van der Waals surface area contributed by atoms with Crippen LogP contribution >= 0.6 is 0 Å². The molecule has 0 spiro atoms. The van der Waals surface area contributed by atoms with Gasteiger partial charge in [0.05, 0.1) is 6.07 Å². The van der Waals surface area contributed by atoms with Crippen LogP contribution in [0.2, 0.25) is 0 Å². The highest BCUT2D eigenvalue weighted by atomic mass is 15.1. The Bertz CT molecular complexity index is 579. The third-order valence-electron chi connectivity index (χ3n) is 4.84. The highest BCUT2D eigenvalue weighted by molar-refractivity contribution is 5.40. The third kappa shape index (κ3) is 2.97. The lowest BCUT2D eigenvalue weighted by Crippen LogP contribution is -2.58. The molecule has 2 fully saturated rings. The highest BCUT2D eigenvalue weighted by Crippen LogP contribution is 2.33. The maximum absolute atomic E-state index is 9.16. The van der Waals surface area contributed by atoms with E-state index in [4.69, 9.17) is 5.26 Å². The monoisotopic (exact) mass is 278 g/mol. The van der Waals surface area contributed by atoms with Gasteiger partial charge in [0.2, 0.25) is 0 Å². The standard InChI is InChI=1S/C19H22N2/c1-2-17-19(18(13-20)21-17)16-11-9-15(10-12-16)8-7-14-5-3-4-6-14/h9-12,14,17-19,21H,2-6H2,1H3/t17-,18?,19?/m1/s1. The zero-order valence-electron chi connectivity index (χ0n) is 12.6. The predicted octanol–water partition coefficient (Wildman–Crippen LogP) is 3.59. The molecule has 2 unspecified atom stereocenters. The maximum Gasteiger partial charge on any atom is 0.104 e. The first-order valence-electron chi connectivity index (χ1n) is 8.09. The van der Waals surface area contributed by atoms with Crippen molar-refractivity contribution in [3.05, 3.63) is 35.4 Å². The van der Waals surface area contributed by atoms with Crippen LogP contribution in [0.1, 0.15) is 56.1 Å². The highest BCUT2D eigenvalue weighted by Gasteiger charge is 2.40. The third-order valence-corrected chi connectivity index (χ3v) is 4.84. The Morgan fingerprint density at radius 1 is 1.19 bits per heavy atom. The van der Waals surface area contributed by atoms with Crippen LogP contribution in [-0.2, 0) is 0 Å². The van der Waals surface area contributed by atoms with Crippen LogP contribution in [-0.4, -0.2) is 12.1 Å². The summed E-state index contributed by atoms with van der Waals surface area (Å²) in [6.07, 6.45) is 6.26. The SMILES string of the molecule is CC[C@H]1NC(C#N)C1c1ccc(C#CC2CCCC2)cc1. The molecule has 0 radical (unpaired) electrons. The Hall–Kier alpha value is -1.77. The van der Waals surface area contributed by atoms with E-state index in [1.165, 1.54) is 31.2 Å². The van der Waals surface area contributed by atoms with Gasteiger partial charge >= 0.3 is 0 Å². The van der Waals surface area contributed by atoms with Gasteiger partial charge in [0.1, 0.15) is 6.04 Å². The molecule has 2 nitrogen and oxygen atoms in total. The van der Waals surface area contributed by atoms with E-state index in [1.54, 1.807) is 0 Å². The number of nitrogens with one attached hydrogen (secondary N) is 1. The fraction of sp³-hybridized carbons (Fsp3) is 0.526. The molecule has 0 bridgehead atoms. The number of nitrogens with zero attached hydrogens (tertiary/aromatic N) is 1. The first-order valence-corrected chi connectivity index (χ1v) is 8.09. The molecule has 1 N–H and O–H groups in total. The Labute approximate surface area is 127 Å². The van der Waals surface area contributed by atoms with Crippen molar-refractivity contribution in [2.75, 3.05) is 0 Å². The minimum absolute atomic E-state index is 0.0367. The largest absolute Gasteiger partial charge is 0.298 e. The van der Waals surface area contributed by atoms with E-state index in [1.807, 2.05) is 0 Å². The van der Waals surface area contributed by atoms with Crippen LogP contribution in [0.25, 0.3) is 0 Å². The molecule has 108 valence electrons. The van der Waals surface area contributed by atoms with Gasteiger partial charge in [-0.1, -0.05) is 43.7 Å². The van der Waals surface area contributed by atoms with Crippen LogP contribution in [0.3, 0.4) is 0 Å². The molecule has 0 aromatic heterocycles. The molecular formula is C19H22N2. The van der Waals surface area contributed by atoms with Gasteiger partial charge < -0.3 is 0 Å². The summed E-state index contributed by atoms with van der Waals surface area (Å²) >= 11 is 0. The van der Waals surface area contributed by atoms with Crippen molar-refractivity contribution in [1.29, 1.82) is 5.26 Å². The molecule has 0 amide bonds. The van der Waals surface area contributed by atoms with Crippen molar-refractivity contribution in [2.45, 2.75) is 57.0 Å². The Morgan fingerprint density at radius 2 is 1.90 bits per heavy atom. The van der Waals surface area contributed by atoms with Crippen LogP contribution in [0.4, 0.5) is 0 Å². The Balaban J connectivity index is 1.70. The van der Waals surface area contributed by atoms with Gasteiger partial charge in [-0.05, 0) is 37.0 Å². The van der Waals surface area contributed by atoms with E-state index < -0.39 is 0 Å². The van der Waals surface area contributed by atoms with E-state index in [0.29, 0.717) is 17.9 Å². The van der Waals surface area contributed by atoms with Crippen molar-refractivity contribution in [1.82, 2.24) is 5.32 Å². The van der Waals surface area contributed by atoms with Crippen LogP contribution in [0.15, 0.2) is 24.3 Å². The first kappa shape index (κ1) is 14.2. The van der Waals surface area contributed by atoms with Crippen molar-refractivity contribution in [3.63, 3.8) is 0 Å². The average molecular weight is 278 g/mol. The van der Waals surface area contributed by atoms with E-state index in [9.17, 15) is 0 Å². The summed E-state index contributed by atoms with van der Waals surface area (Å²) in [6, 6.07) is 11.3. The van der Waals surface area contributed by atoms with Crippen molar-refractivity contribution < 1.29 is 0 Å². The van der Waals surface area contributed by atoms with Crippen LogP contribution in [0.5, 0.6) is 0 Å². The quantitative estimate of drug-likeness (QED) is 0.839. The summed E-state index contributed by atoms with van der Waals surface area (Å²) in [5, 5.41) is 12.5. The maximum atomic E-state index is 9.16. The molecule has 1 saturated heterocycles. The molecular weight excluding hydrogens is 256 g/mol. The molecule has 21 heavy (non-hydrogen) atoms. The lowest BCUT2D eigenvalue weighted by atomic mass is 9.77. The zero-order chi connectivity index (χ0) is 14.7. The van der Waals surface area contributed by atoms with Gasteiger partial charge in [0.15, 0.2) is 0 Å². The molecule has 1 aromatic carbocycles. The molecule has 1 aromatic rings. The van der Waals surface area contributed by atoms with Gasteiger partial charge in [0.25, 0.3) is 0 Å². The number of nitriles is 1. The molecule has 3 rings (SSSR count). The summed E-state index contributed by atoms with van der Waals surface area (Å²) in [6.45, 7) is 2.17. The molecule has 3 atom stereocenters. The molecule has 1 saturated carbocycles. The molecule has 1 heterocycles. The van der Waals surface area contributed by atoms with E-state index in [0.717, 1.165) is 12.0 Å². The van der Waals surface area contributed by atoms with Crippen LogP contribution in [0, 0.1) is 29.1 Å². The van der Waals surface area contributed by atoms with Gasteiger partial charge in [-0.15, -0.1) is 0 Å². The van der Waals surface area contributed by atoms with E-state index in [-0.39, 0.29) is 6.04 Å². The van der Waals surface area contributed by atoms with E-state index >= 15 is 0 Å². The van der Waals surface area contributed by atoms with Gasteiger partial charge in [-0.3, -0.25) is 5.32 Å². The Morgan fingerprint density at radius 3 is 2.52 bits per heavy atom. The van der Waals surface area contributed by atoms with Gasteiger partial charge in [0, 0.05) is 23.4 Å². The number of hydrogen-bond acceptors (Lipinski definition) is 2. The van der Waals surface area contributed by atoms with Gasteiger partial charge in [-0.25, -0.2) is 0 Å². The molecule has 1 aliphatic heterocycles. The smallest absolute Gasteiger partial charge is 0.104 e. The Kier molecular flexibility index (Phi) is 4.28. The van der Waals surface area contributed by atoms with Crippen LogP contribution < -0.4 is 5.32 Å².